The van der Waals surface area contributed by atoms with Crippen molar-refractivity contribution in [2.24, 2.45) is 0 Å². The number of aliphatic carboxylic acids is 1. The number of carboxylic acid groups (broad SMARTS) is 1. The molecule has 0 amide bonds. The smallest absolute Gasteiger partial charge is 0.327 e. The maximum atomic E-state index is 10.7. The van der Waals surface area contributed by atoms with Gasteiger partial charge in [0.15, 0.2) is 0 Å². The highest BCUT2D eigenvalue weighted by molar-refractivity contribution is 7.04. The van der Waals surface area contributed by atoms with Gasteiger partial charge in [-0.3, -0.25) is 0 Å². The van der Waals surface area contributed by atoms with E-state index >= 15 is 0 Å². The second-order valence-corrected chi connectivity index (χ2v) is 16.0. The summed E-state index contributed by atoms with van der Waals surface area (Å²) in [6, 6.07) is 0. The van der Waals surface area contributed by atoms with Gasteiger partial charge in [-0.15, -0.1) is 0 Å². The molecule has 2 nitrogen and oxygen atoms in total. The van der Waals surface area contributed by atoms with Crippen molar-refractivity contribution < 1.29 is 9.90 Å². The molecule has 0 saturated heterocycles. The van der Waals surface area contributed by atoms with Gasteiger partial charge in [-0.1, -0.05) is 44.1 Å². The predicted molar refractivity (Wildman–Crippen MR) is 62.4 cm³/mol. The molecule has 0 unspecified atom stereocenters. The first kappa shape index (κ1) is 12.6. The van der Waals surface area contributed by atoms with E-state index in [4.69, 9.17) is 5.11 Å². The summed E-state index contributed by atoms with van der Waals surface area (Å²) in [7, 11) is -2.89. The fourth-order valence-electron chi connectivity index (χ4n) is 1.68. The molecule has 0 aliphatic rings. The monoisotopic (exact) mass is 216 g/mol. The maximum Gasteiger partial charge on any atom is 0.327 e. The van der Waals surface area contributed by atoms with Gasteiger partial charge in [-0.05, 0) is 0 Å². The van der Waals surface area contributed by atoms with Crippen molar-refractivity contribution in [1.82, 2.24) is 0 Å². The van der Waals surface area contributed by atoms with Crippen molar-refractivity contribution in [1.29, 1.82) is 0 Å². The SMILES string of the molecule is C[Si](C)(C)C(=CC(=O)O)[Si](C)(C)C. The molecule has 0 saturated carbocycles. The molecule has 13 heavy (non-hydrogen) atoms. The lowest BCUT2D eigenvalue weighted by molar-refractivity contribution is -0.131. The van der Waals surface area contributed by atoms with Crippen LogP contribution in [-0.2, 0) is 4.79 Å². The molecule has 0 bridgehead atoms. The van der Waals surface area contributed by atoms with Crippen LogP contribution in [0, 0.1) is 0 Å². The quantitative estimate of drug-likeness (QED) is 0.582. The third-order valence-electron chi connectivity index (χ3n) is 1.88. The van der Waals surface area contributed by atoms with E-state index in [1.807, 2.05) is 0 Å². The minimum atomic E-state index is -1.44. The molecule has 1 N–H and O–H groups in total. The Morgan fingerprint density at radius 3 is 1.38 bits per heavy atom. The molecule has 0 rings (SSSR count). The Morgan fingerprint density at radius 1 is 1.00 bits per heavy atom. The summed E-state index contributed by atoms with van der Waals surface area (Å²) >= 11 is 0. The molecule has 0 fully saturated rings. The van der Waals surface area contributed by atoms with Gasteiger partial charge in [0.05, 0.1) is 16.1 Å². The number of hydrogen-bond acceptors (Lipinski definition) is 1. The summed E-state index contributed by atoms with van der Waals surface area (Å²) in [6.45, 7) is 13.3. The highest BCUT2D eigenvalue weighted by atomic mass is 28.4. The van der Waals surface area contributed by atoms with Crippen LogP contribution < -0.4 is 0 Å². The molecule has 0 aliphatic heterocycles. The molecule has 0 atom stereocenters. The first-order valence-electron chi connectivity index (χ1n) is 4.51. The Bertz CT molecular complexity index is 215. The van der Waals surface area contributed by atoms with Crippen LogP contribution >= 0.6 is 0 Å². The zero-order valence-electron chi connectivity index (χ0n) is 9.43. The fraction of sp³-hybridized carbons (Fsp3) is 0.667. The van der Waals surface area contributed by atoms with Gasteiger partial charge >= 0.3 is 5.97 Å². The summed E-state index contributed by atoms with van der Waals surface area (Å²) in [5.74, 6) is -0.792. The lowest BCUT2D eigenvalue weighted by Gasteiger charge is -2.30. The predicted octanol–water partition coefficient (Wildman–Crippen LogP) is 2.75. The van der Waals surface area contributed by atoms with Crippen LogP contribution in [0.4, 0.5) is 0 Å². The summed E-state index contributed by atoms with van der Waals surface area (Å²) < 4.78 is 0. The minimum absolute atomic E-state index is 0.792. The highest BCUT2D eigenvalue weighted by Gasteiger charge is 2.31. The average Bonchev–Trinajstić information content (AvgIpc) is 1.77. The van der Waals surface area contributed by atoms with Gasteiger partial charge in [-0.2, -0.15) is 0 Å². The zero-order valence-corrected chi connectivity index (χ0v) is 11.4. The second kappa shape index (κ2) is 3.80. The Balaban J connectivity index is 5.13. The minimum Gasteiger partial charge on any atom is -0.478 e. The van der Waals surface area contributed by atoms with Crippen molar-refractivity contribution in [3.05, 3.63) is 10.9 Å². The largest absolute Gasteiger partial charge is 0.478 e. The van der Waals surface area contributed by atoms with Gasteiger partial charge in [0, 0.05) is 6.08 Å². The van der Waals surface area contributed by atoms with E-state index in [2.05, 4.69) is 39.3 Å². The Labute approximate surface area is 82.7 Å². The number of rotatable bonds is 3. The Hall–Kier alpha value is -0.356. The third-order valence-corrected chi connectivity index (χ3v) is 9.90. The highest BCUT2D eigenvalue weighted by Crippen LogP contribution is 2.24. The van der Waals surface area contributed by atoms with E-state index in [0.717, 1.165) is 0 Å². The zero-order chi connectivity index (χ0) is 10.9. The maximum absolute atomic E-state index is 10.7. The van der Waals surface area contributed by atoms with E-state index < -0.39 is 22.1 Å². The summed E-state index contributed by atoms with van der Waals surface area (Å²) in [6.07, 6.45) is 1.46. The third kappa shape index (κ3) is 4.42. The van der Waals surface area contributed by atoms with Crippen molar-refractivity contribution >= 4 is 22.1 Å². The van der Waals surface area contributed by atoms with Gasteiger partial charge in [0.2, 0.25) is 0 Å². The fourth-order valence-corrected chi connectivity index (χ4v) is 11.8. The van der Waals surface area contributed by atoms with Crippen molar-refractivity contribution in [3.63, 3.8) is 0 Å². The standard InChI is InChI=1S/C9H20O2Si2/c1-12(2,3)9(7-8(10)11)13(4,5)6/h7H,1-6H3,(H,10,11). The average molecular weight is 216 g/mol. The number of carbonyl (C=O) groups is 1. The molecule has 0 heterocycles. The van der Waals surface area contributed by atoms with Gasteiger partial charge < -0.3 is 5.11 Å². The first-order chi connectivity index (χ1) is 5.55. The van der Waals surface area contributed by atoms with Crippen LogP contribution in [0.1, 0.15) is 0 Å². The summed E-state index contributed by atoms with van der Waals surface area (Å²) in [5.41, 5.74) is 0. The van der Waals surface area contributed by atoms with Crippen LogP contribution in [0.15, 0.2) is 10.9 Å². The molecule has 0 aliphatic carbocycles. The molecule has 4 heteroatoms. The normalized spacial score (nSPS) is 12.5. The van der Waals surface area contributed by atoms with E-state index in [-0.39, 0.29) is 0 Å². The molecular weight excluding hydrogens is 196 g/mol. The first-order valence-corrected chi connectivity index (χ1v) is 11.5. The van der Waals surface area contributed by atoms with Crippen LogP contribution in [0.25, 0.3) is 0 Å². The van der Waals surface area contributed by atoms with E-state index in [9.17, 15) is 4.79 Å². The Morgan fingerprint density at radius 2 is 1.31 bits per heavy atom. The molecule has 76 valence electrons. The number of hydrogen-bond donors (Lipinski definition) is 1. The Kier molecular flexibility index (Phi) is 3.69. The van der Waals surface area contributed by atoms with Gasteiger partial charge in [0.1, 0.15) is 0 Å². The lowest BCUT2D eigenvalue weighted by atomic mass is 10.7. The van der Waals surface area contributed by atoms with Crippen molar-refractivity contribution in [2.45, 2.75) is 39.3 Å². The number of carboxylic acids is 1. The van der Waals surface area contributed by atoms with Gasteiger partial charge in [-0.25, -0.2) is 4.79 Å². The van der Waals surface area contributed by atoms with Crippen LogP contribution in [0.2, 0.25) is 39.3 Å². The van der Waals surface area contributed by atoms with Crippen molar-refractivity contribution in [3.8, 4) is 0 Å². The van der Waals surface area contributed by atoms with Crippen LogP contribution in [0.3, 0.4) is 0 Å². The van der Waals surface area contributed by atoms with Crippen LogP contribution in [-0.4, -0.2) is 27.2 Å². The molecular formula is C9H20O2Si2. The van der Waals surface area contributed by atoms with E-state index in [0.29, 0.717) is 0 Å². The molecule has 0 aromatic carbocycles. The lowest BCUT2D eigenvalue weighted by Crippen LogP contribution is -2.40. The van der Waals surface area contributed by atoms with Crippen molar-refractivity contribution in [2.75, 3.05) is 0 Å². The second-order valence-electron chi connectivity index (χ2n) is 5.40. The van der Waals surface area contributed by atoms with Crippen LogP contribution in [0.5, 0.6) is 0 Å². The summed E-state index contributed by atoms with van der Waals surface area (Å²) in [5, 5.41) is 8.78. The van der Waals surface area contributed by atoms with E-state index in [1.54, 1.807) is 0 Å². The topological polar surface area (TPSA) is 37.3 Å². The molecule has 0 aromatic heterocycles. The summed E-state index contributed by atoms with van der Waals surface area (Å²) in [4.78, 5) is 11.9. The molecule has 0 radical (unpaired) electrons. The van der Waals surface area contributed by atoms with Gasteiger partial charge in [0.25, 0.3) is 0 Å². The molecule has 0 spiro atoms. The van der Waals surface area contributed by atoms with E-state index in [1.165, 1.54) is 10.9 Å². The molecule has 0 aromatic rings.